The highest BCUT2D eigenvalue weighted by atomic mass is 16.5. The molecule has 0 N–H and O–H groups in total. The van der Waals surface area contributed by atoms with Crippen LogP contribution < -0.4 is 0 Å². The molecule has 2 aliphatic carbocycles. The summed E-state index contributed by atoms with van der Waals surface area (Å²) in [5, 5.41) is 0. The molecule has 2 rings (SSSR count). The summed E-state index contributed by atoms with van der Waals surface area (Å²) in [6.45, 7) is 14.9. The lowest BCUT2D eigenvalue weighted by Crippen LogP contribution is -2.44. The van der Waals surface area contributed by atoms with E-state index in [-0.39, 0.29) is 35.3 Å². The van der Waals surface area contributed by atoms with Crippen molar-refractivity contribution in [3.8, 4) is 0 Å². The summed E-state index contributed by atoms with van der Waals surface area (Å²) in [7, 11) is 0. The van der Waals surface area contributed by atoms with E-state index in [0.717, 1.165) is 44.1 Å². The van der Waals surface area contributed by atoms with Crippen LogP contribution >= 0.6 is 0 Å². The number of carbonyl (C=O) groups excluding carboxylic acids is 2. The Bertz CT molecular complexity index is 596. The molecule has 2 saturated carbocycles. The second-order valence-electron chi connectivity index (χ2n) is 10.3. The van der Waals surface area contributed by atoms with Crippen molar-refractivity contribution in [1.82, 2.24) is 0 Å². The van der Waals surface area contributed by atoms with Gasteiger partial charge in [-0.2, -0.15) is 0 Å². The lowest BCUT2D eigenvalue weighted by Gasteiger charge is -2.39. The molecule has 0 spiro atoms. The van der Waals surface area contributed by atoms with Gasteiger partial charge >= 0.3 is 11.9 Å². The molecule has 28 heavy (non-hydrogen) atoms. The first kappa shape index (κ1) is 23.0. The van der Waals surface area contributed by atoms with E-state index in [9.17, 15) is 9.59 Å². The number of unbranched alkanes of at least 4 members (excludes halogenated alkanes) is 2. The van der Waals surface area contributed by atoms with E-state index >= 15 is 0 Å². The van der Waals surface area contributed by atoms with Crippen LogP contribution in [-0.2, 0) is 19.1 Å². The Labute approximate surface area is 171 Å². The number of hydrogen-bond donors (Lipinski definition) is 0. The zero-order chi connectivity index (χ0) is 21.1. The molecule has 2 bridgehead atoms. The summed E-state index contributed by atoms with van der Waals surface area (Å²) < 4.78 is 11.6. The minimum atomic E-state index is -0.691. The third-order valence-corrected chi connectivity index (χ3v) is 6.87. The first-order valence-corrected chi connectivity index (χ1v) is 11.0. The number of esters is 2. The van der Waals surface area contributed by atoms with Crippen molar-refractivity contribution in [3.05, 3.63) is 11.6 Å². The van der Waals surface area contributed by atoms with Gasteiger partial charge in [0.1, 0.15) is 6.10 Å². The number of hydrogen-bond acceptors (Lipinski definition) is 4. The van der Waals surface area contributed by atoms with Crippen molar-refractivity contribution in [2.24, 2.45) is 28.6 Å². The number of fused-ring (bicyclic) bond motifs is 2. The van der Waals surface area contributed by atoms with Gasteiger partial charge in [-0.3, -0.25) is 9.59 Å². The zero-order valence-corrected chi connectivity index (χ0v) is 19.0. The second kappa shape index (κ2) is 9.00. The van der Waals surface area contributed by atoms with E-state index in [1.54, 1.807) is 0 Å². The molecule has 0 aliphatic heterocycles. The standard InChI is InChI=1S/C24H40O4/c1-8-9-10-11-27-21(25)19-13-17-12-18(19)20(14-17)28-22(26)24(7,15-16(2)3)23(4,5)6/h15,17-20H,8-14H2,1-7H3. The average Bonchev–Trinajstić information content (AvgIpc) is 3.17. The molecule has 5 atom stereocenters. The van der Waals surface area contributed by atoms with E-state index < -0.39 is 5.41 Å². The maximum Gasteiger partial charge on any atom is 0.316 e. The van der Waals surface area contributed by atoms with Gasteiger partial charge in [-0.05, 0) is 57.8 Å². The Hall–Kier alpha value is -1.32. The normalized spacial score (nSPS) is 28.5. The summed E-state index contributed by atoms with van der Waals surface area (Å²) in [5.41, 5.74) is 0.163. The molecule has 0 saturated heterocycles. The van der Waals surface area contributed by atoms with Crippen LogP contribution in [0.4, 0.5) is 0 Å². The third-order valence-electron chi connectivity index (χ3n) is 6.87. The Kier molecular flexibility index (Phi) is 7.38. The SMILES string of the molecule is CCCCCOC(=O)C1CC2CC(OC(=O)C(C)(C=C(C)C)C(C)(C)C)C1C2. The van der Waals surface area contributed by atoms with Crippen LogP contribution in [-0.4, -0.2) is 24.6 Å². The summed E-state index contributed by atoms with van der Waals surface area (Å²) >= 11 is 0. The number of ether oxygens (including phenoxy) is 2. The van der Waals surface area contributed by atoms with Gasteiger partial charge in [-0.15, -0.1) is 0 Å². The molecule has 2 aliphatic rings. The summed E-state index contributed by atoms with van der Waals surface area (Å²) in [6, 6.07) is 0. The van der Waals surface area contributed by atoms with Crippen LogP contribution in [0.5, 0.6) is 0 Å². The topological polar surface area (TPSA) is 52.6 Å². The molecular formula is C24H40O4. The van der Waals surface area contributed by atoms with Crippen molar-refractivity contribution >= 4 is 11.9 Å². The number of allylic oxidation sites excluding steroid dienone is 1. The minimum absolute atomic E-state index is 0.0905. The quantitative estimate of drug-likeness (QED) is 0.302. The van der Waals surface area contributed by atoms with E-state index in [0.29, 0.717) is 12.5 Å². The fraction of sp³-hybridized carbons (Fsp3) is 0.833. The Morgan fingerprint density at radius 2 is 1.71 bits per heavy atom. The third kappa shape index (κ3) is 4.99. The second-order valence-corrected chi connectivity index (χ2v) is 10.3. The van der Waals surface area contributed by atoms with Gasteiger partial charge < -0.3 is 9.47 Å². The van der Waals surface area contributed by atoms with Crippen LogP contribution in [0.1, 0.15) is 87.0 Å². The predicted octanol–water partition coefficient (Wildman–Crippen LogP) is 5.70. The maximum atomic E-state index is 13.2. The van der Waals surface area contributed by atoms with Crippen LogP contribution in [0.3, 0.4) is 0 Å². The van der Waals surface area contributed by atoms with Gasteiger partial charge in [0.25, 0.3) is 0 Å². The molecule has 0 aromatic heterocycles. The number of rotatable bonds is 8. The van der Waals surface area contributed by atoms with E-state index in [1.807, 2.05) is 26.8 Å². The zero-order valence-electron chi connectivity index (χ0n) is 19.0. The van der Waals surface area contributed by atoms with Gasteiger partial charge in [0.15, 0.2) is 0 Å². The minimum Gasteiger partial charge on any atom is -0.465 e. The van der Waals surface area contributed by atoms with Gasteiger partial charge in [0, 0.05) is 5.92 Å². The first-order chi connectivity index (χ1) is 13.0. The first-order valence-electron chi connectivity index (χ1n) is 11.0. The van der Waals surface area contributed by atoms with Crippen molar-refractivity contribution < 1.29 is 19.1 Å². The predicted molar refractivity (Wildman–Crippen MR) is 112 cm³/mol. The molecule has 160 valence electrons. The Balaban J connectivity index is 2.03. The maximum absolute atomic E-state index is 13.2. The van der Waals surface area contributed by atoms with Gasteiger partial charge in [0.05, 0.1) is 17.9 Å². The van der Waals surface area contributed by atoms with Crippen LogP contribution in [0, 0.1) is 28.6 Å². The smallest absolute Gasteiger partial charge is 0.316 e. The van der Waals surface area contributed by atoms with Crippen LogP contribution in [0.15, 0.2) is 11.6 Å². The highest BCUT2D eigenvalue weighted by Crippen LogP contribution is 2.51. The molecular weight excluding hydrogens is 352 g/mol. The van der Waals surface area contributed by atoms with Crippen LogP contribution in [0.25, 0.3) is 0 Å². The van der Waals surface area contributed by atoms with Crippen molar-refractivity contribution in [2.75, 3.05) is 6.61 Å². The highest BCUT2D eigenvalue weighted by Gasteiger charge is 2.53. The fourth-order valence-electron chi connectivity index (χ4n) is 4.74. The van der Waals surface area contributed by atoms with E-state index in [4.69, 9.17) is 9.47 Å². The Morgan fingerprint density at radius 3 is 2.25 bits per heavy atom. The van der Waals surface area contributed by atoms with Crippen LogP contribution in [0.2, 0.25) is 0 Å². The van der Waals surface area contributed by atoms with E-state index in [2.05, 4.69) is 27.7 Å². The molecule has 4 heteroatoms. The molecule has 0 heterocycles. The Morgan fingerprint density at radius 1 is 1.04 bits per heavy atom. The summed E-state index contributed by atoms with van der Waals surface area (Å²) in [4.78, 5) is 25.8. The molecule has 0 amide bonds. The fourth-order valence-corrected chi connectivity index (χ4v) is 4.74. The lowest BCUT2D eigenvalue weighted by atomic mass is 9.67. The van der Waals surface area contributed by atoms with Gasteiger partial charge in [0.2, 0.25) is 0 Å². The molecule has 2 fully saturated rings. The summed E-state index contributed by atoms with van der Waals surface area (Å²) in [5.74, 6) is 0.215. The molecule has 0 radical (unpaired) electrons. The monoisotopic (exact) mass is 392 g/mol. The van der Waals surface area contributed by atoms with Crippen molar-refractivity contribution in [3.63, 3.8) is 0 Å². The summed E-state index contributed by atoms with van der Waals surface area (Å²) in [6.07, 6.45) is 7.73. The lowest BCUT2D eigenvalue weighted by molar-refractivity contribution is -0.170. The van der Waals surface area contributed by atoms with Gasteiger partial charge in [-0.1, -0.05) is 52.2 Å². The largest absolute Gasteiger partial charge is 0.465 e. The average molecular weight is 393 g/mol. The van der Waals surface area contributed by atoms with Crippen molar-refractivity contribution in [2.45, 2.75) is 93.1 Å². The van der Waals surface area contributed by atoms with E-state index in [1.165, 1.54) is 0 Å². The molecule has 0 aromatic carbocycles. The molecule has 0 aromatic rings. The molecule has 5 unspecified atom stereocenters. The van der Waals surface area contributed by atoms with Gasteiger partial charge in [-0.25, -0.2) is 0 Å². The number of carbonyl (C=O) groups is 2. The van der Waals surface area contributed by atoms with Crippen molar-refractivity contribution in [1.29, 1.82) is 0 Å². The highest BCUT2D eigenvalue weighted by molar-refractivity contribution is 5.80. The molecule has 4 nitrogen and oxygen atoms in total.